The van der Waals surface area contributed by atoms with Gasteiger partial charge in [-0.05, 0) is 44.0 Å². The topological polar surface area (TPSA) is 78.7 Å². The number of anilines is 3. The summed E-state index contributed by atoms with van der Waals surface area (Å²) >= 11 is 0. The summed E-state index contributed by atoms with van der Waals surface area (Å²) in [5.41, 5.74) is 1.84. The van der Waals surface area contributed by atoms with Crippen molar-refractivity contribution in [1.82, 2.24) is 5.16 Å². The first-order valence-corrected chi connectivity index (χ1v) is 8.39. The molecule has 25 heavy (non-hydrogen) atoms. The van der Waals surface area contributed by atoms with Crippen LogP contribution in [0.5, 0.6) is 0 Å². The average Bonchev–Trinajstić information content (AvgIpc) is 3.24. The van der Waals surface area contributed by atoms with Gasteiger partial charge in [-0.2, -0.15) is 0 Å². The summed E-state index contributed by atoms with van der Waals surface area (Å²) in [6.07, 6.45) is 2.42. The molecule has 0 aliphatic carbocycles. The molecular weight excluding hydrogens is 320 g/mol. The zero-order chi connectivity index (χ0) is 17.8. The smallest absolute Gasteiger partial charge is 0.245 e. The highest BCUT2D eigenvalue weighted by atomic mass is 16.5. The number of benzene rings is 1. The van der Waals surface area contributed by atoms with E-state index in [1.807, 2.05) is 24.3 Å². The molecule has 0 saturated carbocycles. The van der Waals surface area contributed by atoms with Gasteiger partial charge in [-0.1, -0.05) is 5.16 Å². The van der Waals surface area contributed by atoms with Gasteiger partial charge in [0, 0.05) is 37.5 Å². The fourth-order valence-electron chi connectivity index (χ4n) is 2.95. The largest absolute Gasteiger partial charge is 0.372 e. The molecule has 0 radical (unpaired) electrons. The fourth-order valence-corrected chi connectivity index (χ4v) is 2.95. The number of hydrogen-bond acceptors (Lipinski definition) is 5. The number of rotatable bonds is 5. The van der Waals surface area contributed by atoms with E-state index in [1.165, 1.54) is 24.7 Å². The van der Waals surface area contributed by atoms with Crippen LogP contribution in [0.4, 0.5) is 17.2 Å². The molecule has 3 rings (SSSR count). The van der Waals surface area contributed by atoms with E-state index < -0.39 is 0 Å². The van der Waals surface area contributed by atoms with E-state index in [1.54, 1.807) is 13.0 Å². The molecule has 1 fully saturated rings. The van der Waals surface area contributed by atoms with Crippen LogP contribution in [0.2, 0.25) is 0 Å². The standard InChI is InChI=1S/C18H22N4O3/c1-13-11-17(20-25-13)19-18(24)12-22(14(2)23)16-7-5-15(6-8-16)21-9-3-4-10-21/h5-8,11H,3-4,9-10,12H2,1-2H3,(H,19,20,24). The fraction of sp³-hybridized carbons (Fsp3) is 0.389. The molecule has 1 aromatic carbocycles. The minimum Gasteiger partial charge on any atom is -0.372 e. The molecule has 0 unspecified atom stereocenters. The molecule has 1 aliphatic heterocycles. The van der Waals surface area contributed by atoms with Gasteiger partial charge < -0.3 is 19.6 Å². The van der Waals surface area contributed by atoms with Crippen molar-refractivity contribution in [2.45, 2.75) is 26.7 Å². The van der Waals surface area contributed by atoms with E-state index in [2.05, 4.69) is 15.4 Å². The lowest BCUT2D eigenvalue weighted by Crippen LogP contribution is -2.36. The highest BCUT2D eigenvalue weighted by Gasteiger charge is 2.18. The lowest BCUT2D eigenvalue weighted by Gasteiger charge is -2.22. The molecule has 0 bridgehead atoms. The van der Waals surface area contributed by atoms with Crippen LogP contribution in [0.25, 0.3) is 0 Å². The van der Waals surface area contributed by atoms with Gasteiger partial charge in [-0.15, -0.1) is 0 Å². The predicted octanol–water partition coefficient (Wildman–Crippen LogP) is 2.57. The highest BCUT2D eigenvalue weighted by Crippen LogP contribution is 2.24. The van der Waals surface area contributed by atoms with Gasteiger partial charge in [-0.25, -0.2) is 0 Å². The highest BCUT2D eigenvalue weighted by molar-refractivity contribution is 6.01. The van der Waals surface area contributed by atoms with Crippen molar-refractivity contribution in [3.05, 3.63) is 36.1 Å². The van der Waals surface area contributed by atoms with Gasteiger partial charge in [0.05, 0.1) is 0 Å². The van der Waals surface area contributed by atoms with E-state index in [9.17, 15) is 9.59 Å². The number of nitrogens with zero attached hydrogens (tertiary/aromatic N) is 3. The average molecular weight is 342 g/mol. The number of hydrogen-bond donors (Lipinski definition) is 1. The van der Waals surface area contributed by atoms with Crippen molar-refractivity contribution in [2.75, 3.05) is 34.8 Å². The predicted molar refractivity (Wildman–Crippen MR) is 95.8 cm³/mol. The molecule has 132 valence electrons. The molecule has 2 aromatic rings. The van der Waals surface area contributed by atoms with E-state index in [0.717, 1.165) is 18.8 Å². The first-order valence-electron chi connectivity index (χ1n) is 8.39. The van der Waals surface area contributed by atoms with Crippen molar-refractivity contribution in [2.24, 2.45) is 0 Å². The van der Waals surface area contributed by atoms with E-state index in [4.69, 9.17) is 4.52 Å². The number of aromatic nitrogens is 1. The quantitative estimate of drug-likeness (QED) is 0.903. The van der Waals surface area contributed by atoms with Crippen LogP contribution in [-0.2, 0) is 9.59 Å². The molecule has 7 heteroatoms. The van der Waals surface area contributed by atoms with E-state index in [0.29, 0.717) is 17.3 Å². The molecule has 2 amide bonds. The lowest BCUT2D eigenvalue weighted by molar-refractivity contribution is -0.120. The van der Waals surface area contributed by atoms with Crippen LogP contribution < -0.4 is 15.1 Å². The summed E-state index contributed by atoms with van der Waals surface area (Å²) in [4.78, 5) is 27.9. The Kier molecular flexibility index (Phi) is 5.02. The Balaban J connectivity index is 1.67. The molecule has 1 aliphatic rings. The summed E-state index contributed by atoms with van der Waals surface area (Å²) in [5, 5.41) is 6.35. The molecule has 1 N–H and O–H groups in total. The summed E-state index contributed by atoms with van der Waals surface area (Å²) in [6.45, 7) is 5.24. The first kappa shape index (κ1) is 17.0. The zero-order valence-corrected chi connectivity index (χ0v) is 14.5. The maximum Gasteiger partial charge on any atom is 0.245 e. The molecule has 1 aromatic heterocycles. The van der Waals surface area contributed by atoms with Crippen molar-refractivity contribution in [3.63, 3.8) is 0 Å². The van der Waals surface area contributed by atoms with Crippen LogP contribution in [0.15, 0.2) is 34.9 Å². The number of carbonyl (C=O) groups is 2. The molecule has 0 spiro atoms. The summed E-state index contributed by atoms with van der Waals surface area (Å²) < 4.78 is 4.91. The van der Waals surface area contributed by atoms with Crippen molar-refractivity contribution < 1.29 is 14.1 Å². The van der Waals surface area contributed by atoms with Gasteiger partial charge >= 0.3 is 0 Å². The third kappa shape index (κ3) is 4.17. The maximum atomic E-state index is 12.2. The Morgan fingerprint density at radius 2 is 1.92 bits per heavy atom. The van der Waals surface area contributed by atoms with Crippen LogP contribution in [-0.4, -0.2) is 36.6 Å². The molecule has 0 atom stereocenters. The van der Waals surface area contributed by atoms with Crippen LogP contribution in [0.1, 0.15) is 25.5 Å². The van der Waals surface area contributed by atoms with Crippen molar-refractivity contribution in [1.29, 1.82) is 0 Å². The molecule has 2 heterocycles. The van der Waals surface area contributed by atoms with Crippen molar-refractivity contribution in [3.8, 4) is 0 Å². The summed E-state index contributed by atoms with van der Waals surface area (Å²) in [5.74, 6) is 0.430. The Bertz CT molecular complexity index is 748. The SMILES string of the molecule is CC(=O)N(CC(=O)Nc1cc(C)on1)c1ccc(N2CCCC2)cc1. The second-order valence-electron chi connectivity index (χ2n) is 6.19. The normalized spacial score (nSPS) is 13.8. The Morgan fingerprint density at radius 3 is 2.48 bits per heavy atom. The number of amides is 2. The number of aryl methyl sites for hydroxylation is 1. The third-order valence-electron chi connectivity index (χ3n) is 4.21. The Hall–Kier alpha value is -2.83. The Labute approximate surface area is 146 Å². The van der Waals surface area contributed by atoms with Gasteiger partial charge in [0.25, 0.3) is 0 Å². The second kappa shape index (κ2) is 7.38. The minimum atomic E-state index is -0.327. The van der Waals surface area contributed by atoms with E-state index >= 15 is 0 Å². The second-order valence-corrected chi connectivity index (χ2v) is 6.19. The van der Waals surface area contributed by atoms with E-state index in [-0.39, 0.29) is 18.4 Å². The van der Waals surface area contributed by atoms with Gasteiger partial charge in [0.2, 0.25) is 11.8 Å². The first-order chi connectivity index (χ1) is 12.0. The van der Waals surface area contributed by atoms with Crippen LogP contribution in [0, 0.1) is 6.92 Å². The number of nitrogens with one attached hydrogen (secondary N) is 1. The third-order valence-corrected chi connectivity index (χ3v) is 4.21. The van der Waals surface area contributed by atoms with Gasteiger partial charge in [0.1, 0.15) is 12.3 Å². The van der Waals surface area contributed by atoms with Crippen LogP contribution >= 0.6 is 0 Å². The van der Waals surface area contributed by atoms with Crippen molar-refractivity contribution >= 4 is 29.0 Å². The lowest BCUT2D eigenvalue weighted by atomic mass is 10.2. The monoisotopic (exact) mass is 342 g/mol. The summed E-state index contributed by atoms with van der Waals surface area (Å²) in [7, 11) is 0. The minimum absolute atomic E-state index is 0.0791. The Morgan fingerprint density at radius 1 is 1.24 bits per heavy atom. The van der Waals surface area contributed by atoms with Gasteiger partial charge in [-0.3, -0.25) is 9.59 Å². The maximum absolute atomic E-state index is 12.2. The van der Waals surface area contributed by atoms with Crippen LogP contribution in [0.3, 0.4) is 0 Å². The molecule has 7 nitrogen and oxygen atoms in total. The molecular formula is C18H22N4O3. The summed E-state index contributed by atoms with van der Waals surface area (Å²) in [6, 6.07) is 9.37. The zero-order valence-electron chi connectivity index (χ0n) is 14.5. The molecule has 1 saturated heterocycles. The number of carbonyl (C=O) groups excluding carboxylic acids is 2. The van der Waals surface area contributed by atoms with Gasteiger partial charge in [0.15, 0.2) is 5.82 Å².